The molecule has 4 aromatic rings. The molecule has 2 aliphatic rings. The molecule has 1 saturated heterocycles. The highest BCUT2D eigenvalue weighted by molar-refractivity contribution is 5.87. The van der Waals surface area contributed by atoms with E-state index >= 15 is 0 Å². The van der Waals surface area contributed by atoms with Crippen molar-refractivity contribution in [3.63, 3.8) is 0 Å². The van der Waals surface area contributed by atoms with Crippen LogP contribution in [0.15, 0.2) is 48.8 Å². The fraction of sp³-hybridized carbons (Fsp3) is 0.333. The van der Waals surface area contributed by atoms with Crippen LogP contribution in [0.5, 0.6) is 0 Å². The van der Waals surface area contributed by atoms with Gasteiger partial charge in [0.2, 0.25) is 0 Å². The van der Waals surface area contributed by atoms with E-state index in [0.29, 0.717) is 23.5 Å². The summed E-state index contributed by atoms with van der Waals surface area (Å²) in [6.07, 6.45) is 8.25. The number of fused-ring (bicyclic) bond motifs is 1. The second-order valence-electron chi connectivity index (χ2n) is 9.45. The fourth-order valence-corrected chi connectivity index (χ4v) is 4.92. The Balaban J connectivity index is 1.39. The van der Waals surface area contributed by atoms with Gasteiger partial charge in [0.15, 0.2) is 17.5 Å². The van der Waals surface area contributed by atoms with Gasteiger partial charge in [-0.3, -0.25) is 0 Å². The lowest BCUT2D eigenvalue weighted by molar-refractivity contribution is 0.371. The zero-order valence-corrected chi connectivity index (χ0v) is 19.3. The molecule has 0 radical (unpaired) electrons. The van der Waals surface area contributed by atoms with Gasteiger partial charge in [-0.2, -0.15) is 0 Å². The normalized spacial score (nSPS) is 16.5. The van der Waals surface area contributed by atoms with E-state index in [4.69, 9.17) is 9.97 Å². The van der Waals surface area contributed by atoms with Gasteiger partial charge in [-0.05, 0) is 80.8 Å². The van der Waals surface area contributed by atoms with Crippen LogP contribution in [0.2, 0.25) is 0 Å². The molecule has 0 spiro atoms. The van der Waals surface area contributed by atoms with Crippen molar-refractivity contribution in [3.05, 3.63) is 71.7 Å². The molecule has 3 aromatic heterocycles. The molecule has 35 heavy (non-hydrogen) atoms. The Kier molecular flexibility index (Phi) is 5.82. The molecule has 1 aliphatic carbocycles. The van der Waals surface area contributed by atoms with Gasteiger partial charge < -0.3 is 10.6 Å². The molecule has 0 unspecified atom stereocenters. The lowest BCUT2D eigenvalue weighted by atomic mass is 9.90. The minimum atomic E-state index is -0.781. The van der Waals surface area contributed by atoms with Gasteiger partial charge in [0.1, 0.15) is 11.6 Å². The summed E-state index contributed by atoms with van der Waals surface area (Å²) in [6.45, 7) is 2.09. The van der Waals surface area contributed by atoms with E-state index < -0.39 is 11.6 Å². The Morgan fingerprint density at radius 1 is 0.971 bits per heavy atom. The van der Waals surface area contributed by atoms with Crippen molar-refractivity contribution in [2.45, 2.75) is 38.0 Å². The van der Waals surface area contributed by atoms with Gasteiger partial charge in [0.25, 0.3) is 0 Å². The van der Waals surface area contributed by atoms with Crippen molar-refractivity contribution >= 4 is 22.5 Å². The first-order chi connectivity index (χ1) is 17.1. The van der Waals surface area contributed by atoms with Gasteiger partial charge in [-0.1, -0.05) is 12.1 Å². The van der Waals surface area contributed by atoms with E-state index in [1.54, 1.807) is 12.3 Å². The van der Waals surface area contributed by atoms with Crippen molar-refractivity contribution in [1.29, 1.82) is 0 Å². The van der Waals surface area contributed by atoms with Crippen LogP contribution in [-0.2, 0) is 6.42 Å². The lowest BCUT2D eigenvalue weighted by Gasteiger charge is -2.23. The zero-order valence-electron chi connectivity index (χ0n) is 19.3. The van der Waals surface area contributed by atoms with E-state index in [9.17, 15) is 8.78 Å². The maximum Gasteiger partial charge on any atom is 0.168 e. The summed E-state index contributed by atoms with van der Waals surface area (Å²) in [5, 5.41) is 7.49. The van der Waals surface area contributed by atoms with Crippen molar-refractivity contribution < 1.29 is 8.78 Å². The van der Waals surface area contributed by atoms with E-state index in [2.05, 4.69) is 38.8 Å². The van der Waals surface area contributed by atoms with Gasteiger partial charge in [0, 0.05) is 23.2 Å². The molecule has 1 saturated carbocycles. The summed E-state index contributed by atoms with van der Waals surface area (Å²) in [5.41, 5.74) is 4.21. The Morgan fingerprint density at radius 3 is 2.63 bits per heavy atom. The summed E-state index contributed by atoms with van der Waals surface area (Å²) in [6, 6.07) is 10.8. The number of aromatic nitrogens is 4. The number of hydrogen-bond donors (Lipinski definition) is 2. The van der Waals surface area contributed by atoms with Gasteiger partial charge in [-0.15, -0.1) is 0 Å². The molecule has 4 heterocycles. The van der Waals surface area contributed by atoms with Gasteiger partial charge in [0.05, 0.1) is 17.4 Å². The van der Waals surface area contributed by atoms with E-state index in [-0.39, 0.29) is 5.82 Å². The monoisotopic (exact) mass is 472 g/mol. The smallest absolute Gasteiger partial charge is 0.168 e. The Morgan fingerprint density at radius 2 is 1.83 bits per heavy atom. The second-order valence-corrected chi connectivity index (χ2v) is 9.45. The number of pyridine rings is 2. The Labute approximate surface area is 202 Å². The molecule has 0 bridgehead atoms. The molecule has 1 aliphatic heterocycles. The number of halogens is 2. The van der Waals surface area contributed by atoms with E-state index in [0.717, 1.165) is 61.4 Å². The molecule has 2 fully saturated rings. The SMILES string of the molecule is Fc1cnc(Nc2cc(-c3nc(CC4CCNCC4)c4c(C5CC5)cccc4n3)ccn2)c(F)c1. The third kappa shape index (κ3) is 4.71. The number of piperidine rings is 1. The minimum absolute atomic E-state index is 0.0869. The minimum Gasteiger partial charge on any atom is -0.322 e. The molecule has 178 valence electrons. The predicted molar refractivity (Wildman–Crippen MR) is 131 cm³/mol. The summed E-state index contributed by atoms with van der Waals surface area (Å²) in [5.74, 6) is 0.605. The van der Waals surface area contributed by atoms with Crippen molar-refractivity contribution in [2.24, 2.45) is 5.92 Å². The van der Waals surface area contributed by atoms with Gasteiger partial charge in [-0.25, -0.2) is 28.7 Å². The molecular weight excluding hydrogens is 446 g/mol. The summed E-state index contributed by atoms with van der Waals surface area (Å²) >= 11 is 0. The lowest BCUT2D eigenvalue weighted by Crippen LogP contribution is -2.29. The maximum atomic E-state index is 14.1. The Bertz CT molecular complexity index is 1380. The first-order valence-corrected chi connectivity index (χ1v) is 12.2. The molecule has 0 amide bonds. The Hall–Kier alpha value is -3.52. The fourth-order valence-electron chi connectivity index (χ4n) is 4.92. The van der Waals surface area contributed by atoms with Crippen LogP contribution in [0.4, 0.5) is 20.4 Å². The molecule has 6 rings (SSSR count). The predicted octanol–water partition coefficient (Wildman–Crippen LogP) is 5.53. The van der Waals surface area contributed by atoms with Crippen LogP contribution >= 0.6 is 0 Å². The molecule has 0 atom stereocenters. The summed E-state index contributed by atoms with van der Waals surface area (Å²) in [4.78, 5) is 18.1. The van der Waals surface area contributed by atoms with E-state index in [1.807, 2.05) is 6.07 Å². The van der Waals surface area contributed by atoms with Crippen molar-refractivity contribution in [1.82, 2.24) is 25.3 Å². The first-order valence-electron chi connectivity index (χ1n) is 12.2. The number of benzene rings is 1. The standard InChI is InChI=1S/C27H26F2N6/c28-19-14-21(29)27(32-15-19)35-24-13-18(8-11-31-24)26-33-22-3-1-2-20(17-4-5-17)25(22)23(34-26)12-16-6-9-30-10-7-16/h1-3,8,11,13-17,30H,4-7,9-10,12H2,(H,31,32,35). The summed E-state index contributed by atoms with van der Waals surface area (Å²) in [7, 11) is 0. The largest absolute Gasteiger partial charge is 0.322 e. The maximum absolute atomic E-state index is 14.1. The van der Waals surface area contributed by atoms with E-state index in [1.165, 1.54) is 23.8 Å². The molecule has 6 nitrogen and oxygen atoms in total. The van der Waals surface area contributed by atoms with Crippen LogP contribution in [-0.4, -0.2) is 33.0 Å². The molecule has 2 N–H and O–H groups in total. The number of hydrogen-bond acceptors (Lipinski definition) is 6. The number of nitrogens with one attached hydrogen (secondary N) is 2. The van der Waals surface area contributed by atoms with Crippen LogP contribution in [0.25, 0.3) is 22.3 Å². The zero-order chi connectivity index (χ0) is 23.8. The number of nitrogens with zero attached hydrogens (tertiary/aromatic N) is 4. The topological polar surface area (TPSA) is 75.6 Å². The molecular formula is C27H26F2N6. The molecule has 1 aromatic carbocycles. The highest BCUT2D eigenvalue weighted by Crippen LogP contribution is 2.44. The highest BCUT2D eigenvalue weighted by atomic mass is 19.1. The quantitative estimate of drug-likeness (QED) is 0.384. The highest BCUT2D eigenvalue weighted by Gasteiger charge is 2.28. The van der Waals surface area contributed by atoms with Crippen LogP contribution in [0.1, 0.15) is 42.9 Å². The molecule has 8 heteroatoms. The van der Waals surface area contributed by atoms with Crippen molar-refractivity contribution in [3.8, 4) is 11.4 Å². The van der Waals surface area contributed by atoms with Gasteiger partial charge >= 0.3 is 0 Å². The summed E-state index contributed by atoms with van der Waals surface area (Å²) < 4.78 is 27.3. The number of anilines is 2. The third-order valence-electron chi connectivity index (χ3n) is 6.86. The average Bonchev–Trinajstić information content (AvgIpc) is 3.72. The average molecular weight is 473 g/mol. The van der Waals surface area contributed by atoms with Crippen LogP contribution in [0.3, 0.4) is 0 Å². The van der Waals surface area contributed by atoms with Crippen LogP contribution in [0, 0.1) is 17.6 Å². The first kappa shape index (κ1) is 22.0. The van der Waals surface area contributed by atoms with Crippen LogP contribution < -0.4 is 10.6 Å². The third-order valence-corrected chi connectivity index (χ3v) is 6.86. The number of rotatable bonds is 6. The van der Waals surface area contributed by atoms with Crippen molar-refractivity contribution in [2.75, 3.05) is 18.4 Å². The second kappa shape index (κ2) is 9.26.